The summed E-state index contributed by atoms with van der Waals surface area (Å²) in [7, 11) is 0. The van der Waals surface area contributed by atoms with Gasteiger partial charge in [-0.25, -0.2) is 0 Å². The summed E-state index contributed by atoms with van der Waals surface area (Å²) < 4.78 is 5.50. The van der Waals surface area contributed by atoms with E-state index in [2.05, 4.69) is 17.4 Å². The molecule has 3 rings (SSSR count). The molecule has 1 aromatic carbocycles. The van der Waals surface area contributed by atoms with Gasteiger partial charge in [-0.15, -0.1) is 0 Å². The number of hydrogen-bond donors (Lipinski definition) is 2. The summed E-state index contributed by atoms with van der Waals surface area (Å²) in [5.41, 5.74) is 7.25. The topological polar surface area (TPSA) is 47.3 Å². The first kappa shape index (κ1) is 14.9. The van der Waals surface area contributed by atoms with E-state index in [1.165, 1.54) is 31.2 Å². The summed E-state index contributed by atoms with van der Waals surface area (Å²) in [6.45, 7) is 4.50. The summed E-state index contributed by atoms with van der Waals surface area (Å²) >= 11 is 0. The molecule has 2 saturated carbocycles. The number of nitrogens with one attached hydrogen (secondary N) is 1. The van der Waals surface area contributed by atoms with Gasteiger partial charge in [-0.1, -0.05) is 12.1 Å². The van der Waals surface area contributed by atoms with Crippen molar-refractivity contribution in [3.05, 3.63) is 29.8 Å². The van der Waals surface area contributed by atoms with Gasteiger partial charge in [0.15, 0.2) is 0 Å². The molecule has 1 aromatic rings. The first-order valence-electron chi connectivity index (χ1n) is 8.48. The van der Waals surface area contributed by atoms with Crippen LogP contribution >= 0.6 is 0 Å². The second-order valence-corrected chi connectivity index (χ2v) is 6.54. The van der Waals surface area contributed by atoms with Gasteiger partial charge in [-0.3, -0.25) is 0 Å². The zero-order valence-electron chi connectivity index (χ0n) is 13.1. The molecule has 3 heteroatoms. The van der Waals surface area contributed by atoms with Crippen LogP contribution in [0.15, 0.2) is 24.3 Å². The van der Waals surface area contributed by atoms with Crippen molar-refractivity contribution in [3.63, 3.8) is 0 Å². The maximum Gasteiger partial charge on any atom is 0.119 e. The van der Waals surface area contributed by atoms with Crippen molar-refractivity contribution in [2.75, 3.05) is 19.7 Å². The van der Waals surface area contributed by atoms with Crippen LogP contribution in [0.4, 0.5) is 0 Å². The van der Waals surface area contributed by atoms with Crippen LogP contribution in [0.3, 0.4) is 0 Å². The fraction of sp³-hybridized carbons (Fsp3) is 0.667. The van der Waals surface area contributed by atoms with Crippen LogP contribution in [-0.4, -0.2) is 19.7 Å². The zero-order valence-corrected chi connectivity index (χ0v) is 13.1. The van der Waals surface area contributed by atoms with E-state index in [1.54, 1.807) is 0 Å². The highest BCUT2D eigenvalue weighted by atomic mass is 16.5. The SMILES string of the molecule is CCOc1ccc(C(CN)NCC(C2CC2)C2CC2)cc1. The Bertz CT molecular complexity index is 425. The van der Waals surface area contributed by atoms with Crippen molar-refractivity contribution in [2.45, 2.75) is 38.6 Å². The molecule has 0 saturated heterocycles. The van der Waals surface area contributed by atoms with Crippen LogP contribution in [0.1, 0.15) is 44.2 Å². The van der Waals surface area contributed by atoms with Gasteiger partial charge in [0, 0.05) is 12.6 Å². The second kappa shape index (κ2) is 6.80. The lowest BCUT2D eigenvalue weighted by Crippen LogP contribution is -2.33. The van der Waals surface area contributed by atoms with Crippen LogP contribution in [-0.2, 0) is 0 Å². The summed E-state index contributed by atoms with van der Waals surface area (Å²) in [6.07, 6.45) is 5.77. The van der Waals surface area contributed by atoms with Gasteiger partial charge in [0.2, 0.25) is 0 Å². The molecule has 2 aliphatic carbocycles. The van der Waals surface area contributed by atoms with Gasteiger partial charge in [0.05, 0.1) is 6.61 Å². The molecule has 3 nitrogen and oxygen atoms in total. The molecular formula is C18H28N2O. The highest BCUT2D eigenvalue weighted by Gasteiger charge is 2.41. The van der Waals surface area contributed by atoms with Crippen LogP contribution in [0, 0.1) is 17.8 Å². The van der Waals surface area contributed by atoms with Gasteiger partial charge in [-0.2, -0.15) is 0 Å². The monoisotopic (exact) mass is 288 g/mol. The molecule has 0 amide bonds. The van der Waals surface area contributed by atoms with E-state index < -0.39 is 0 Å². The zero-order chi connectivity index (χ0) is 14.7. The van der Waals surface area contributed by atoms with E-state index in [0.717, 1.165) is 30.0 Å². The molecule has 3 N–H and O–H groups in total. The van der Waals surface area contributed by atoms with Gasteiger partial charge < -0.3 is 15.8 Å². The molecule has 1 unspecified atom stereocenters. The van der Waals surface area contributed by atoms with Crippen molar-refractivity contribution < 1.29 is 4.74 Å². The molecule has 2 aliphatic rings. The lowest BCUT2D eigenvalue weighted by atomic mass is 9.97. The molecule has 0 aliphatic heterocycles. The van der Waals surface area contributed by atoms with Crippen molar-refractivity contribution >= 4 is 0 Å². The maximum atomic E-state index is 5.98. The normalized spacial score (nSPS) is 19.8. The van der Waals surface area contributed by atoms with E-state index in [4.69, 9.17) is 10.5 Å². The number of benzene rings is 1. The maximum absolute atomic E-state index is 5.98. The molecule has 1 atom stereocenters. The standard InChI is InChI=1S/C18H28N2O/c1-2-21-16-9-7-15(8-10-16)18(11-19)20-12-17(13-3-4-13)14-5-6-14/h7-10,13-14,17-18,20H,2-6,11-12,19H2,1H3. The molecule has 116 valence electrons. The Morgan fingerprint density at radius 3 is 2.24 bits per heavy atom. The summed E-state index contributed by atoms with van der Waals surface area (Å²) in [4.78, 5) is 0. The van der Waals surface area contributed by atoms with Gasteiger partial charge >= 0.3 is 0 Å². The fourth-order valence-corrected chi connectivity index (χ4v) is 3.35. The van der Waals surface area contributed by atoms with Crippen molar-refractivity contribution in [2.24, 2.45) is 23.5 Å². The third-order valence-electron chi connectivity index (χ3n) is 4.88. The van der Waals surface area contributed by atoms with Crippen molar-refractivity contribution in [1.29, 1.82) is 0 Å². The van der Waals surface area contributed by atoms with E-state index in [-0.39, 0.29) is 6.04 Å². The fourth-order valence-electron chi connectivity index (χ4n) is 3.35. The Balaban J connectivity index is 1.56. The second-order valence-electron chi connectivity index (χ2n) is 6.54. The Labute approximate surface area is 128 Å². The van der Waals surface area contributed by atoms with E-state index in [9.17, 15) is 0 Å². The van der Waals surface area contributed by atoms with Crippen molar-refractivity contribution in [1.82, 2.24) is 5.32 Å². The minimum atomic E-state index is 0.265. The summed E-state index contributed by atoms with van der Waals surface area (Å²) in [5, 5.41) is 3.71. The first-order valence-corrected chi connectivity index (χ1v) is 8.48. The van der Waals surface area contributed by atoms with Crippen LogP contribution in [0.2, 0.25) is 0 Å². The van der Waals surface area contributed by atoms with E-state index >= 15 is 0 Å². The van der Waals surface area contributed by atoms with Crippen LogP contribution in [0.5, 0.6) is 5.75 Å². The van der Waals surface area contributed by atoms with E-state index in [1.807, 2.05) is 19.1 Å². The Hall–Kier alpha value is -1.06. The number of nitrogens with two attached hydrogens (primary N) is 1. The summed E-state index contributed by atoms with van der Waals surface area (Å²) in [6, 6.07) is 8.63. The average Bonchev–Trinajstić information content (AvgIpc) is 3.39. The first-order chi connectivity index (χ1) is 10.3. The number of rotatable bonds is 9. The average molecular weight is 288 g/mol. The Kier molecular flexibility index (Phi) is 4.81. The van der Waals surface area contributed by atoms with E-state index in [0.29, 0.717) is 13.2 Å². The molecule has 2 fully saturated rings. The van der Waals surface area contributed by atoms with Crippen molar-refractivity contribution in [3.8, 4) is 5.75 Å². The lowest BCUT2D eigenvalue weighted by molar-refractivity contribution is 0.339. The quantitative estimate of drug-likeness (QED) is 0.734. The third kappa shape index (κ3) is 3.98. The summed E-state index contributed by atoms with van der Waals surface area (Å²) in [5.74, 6) is 3.81. The lowest BCUT2D eigenvalue weighted by Gasteiger charge is -2.22. The number of ether oxygens (including phenoxy) is 1. The molecule has 0 heterocycles. The Morgan fingerprint density at radius 2 is 1.76 bits per heavy atom. The third-order valence-corrected chi connectivity index (χ3v) is 4.88. The predicted molar refractivity (Wildman–Crippen MR) is 86.3 cm³/mol. The van der Waals surface area contributed by atoms with Gasteiger partial charge in [-0.05, 0) is 74.6 Å². The van der Waals surface area contributed by atoms with Crippen LogP contribution in [0.25, 0.3) is 0 Å². The smallest absolute Gasteiger partial charge is 0.119 e. The molecule has 0 aromatic heterocycles. The minimum Gasteiger partial charge on any atom is -0.494 e. The van der Waals surface area contributed by atoms with Gasteiger partial charge in [0.25, 0.3) is 0 Å². The molecule has 0 spiro atoms. The van der Waals surface area contributed by atoms with Crippen LogP contribution < -0.4 is 15.8 Å². The Morgan fingerprint density at radius 1 is 1.14 bits per heavy atom. The largest absolute Gasteiger partial charge is 0.494 e. The highest BCUT2D eigenvalue weighted by molar-refractivity contribution is 5.29. The molecule has 0 radical (unpaired) electrons. The predicted octanol–water partition coefficient (Wildman–Crippen LogP) is 3.11. The highest BCUT2D eigenvalue weighted by Crippen LogP contribution is 2.48. The molecular weight excluding hydrogens is 260 g/mol. The molecule has 21 heavy (non-hydrogen) atoms. The van der Waals surface area contributed by atoms with Gasteiger partial charge in [0.1, 0.15) is 5.75 Å². The minimum absolute atomic E-state index is 0.265. The molecule has 0 bridgehead atoms. The number of hydrogen-bond acceptors (Lipinski definition) is 3.